The molecule has 1 aromatic rings. The number of nitrogens with one attached hydrogen (secondary N) is 1. The highest BCUT2D eigenvalue weighted by molar-refractivity contribution is 9.10. The summed E-state index contributed by atoms with van der Waals surface area (Å²) in [5.41, 5.74) is 0.807. The van der Waals surface area contributed by atoms with Crippen LogP contribution in [0.25, 0.3) is 0 Å². The van der Waals surface area contributed by atoms with Crippen molar-refractivity contribution in [2.24, 2.45) is 0 Å². The van der Waals surface area contributed by atoms with E-state index >= 15 is 0 Å². The van der Waals surface area contributed by atoms with E-state index in [2.05, 4.69) is 21.2 Å². The predicted octanol–water partition coefficient (Wildman–Crippen LogP) is 3.15. The van der Waals surface area contributed by atoms with Crippen LogP contribution in [0.2, 0.25) is 0 Å². The zero-order chi connectivity index (χ0) is 10.1. The van der Waals surface area contributed by atoms with Crippen molar-refractivity contribution < 1.29 is 8.78 Å². The molecule has 0 amide bonds. The molecule has 76 valence electrons. The quantitative estimate of drug-likeness (QED) is 0.766. The van der Waals surface area contributed by atoms with Gasteiger partial charge in [0.05, 0.1) is 4.47 Å². The first-order valence-corrected chi connectivity index (χ1v) is 5.36. The first-order valence-electron chi connectivity index (χ1n) is 4.57. The fourth-order valence-electron chi connectivity index (χ4n) is 1.76. The van der Waals surface area contributed by atoms with Gasteiger partial charge >= 0.3 is 0 Å². The molecule has 2 rings (SSSR count). The van der Waals surface area contributed by atoms with E-state index in [9.17, 15) is 8.78 Å². The van der Waals surface area contributed by atoms with Gasteiger partial charge in [0.2, 0.25) is 0 Å². The van der Waals surface area contributed by atoms with Crippen LogP contribution in [0.3, 0.4) is 0 Å². The minimum absolute atomic E-state index is 0.152. The zero-order valence-corrected chi connectivity index (χ0v) is 9.07. The normalized spacial score (nSPS) is 21.5. The van der Waals surface area contributed by atoms with E-state index in [1.807, 2.05) is 0 Å². The van der Waals surface area contributed by atoms with Gasteiger partial charge in [0.25, 0.3) is 0 Å². The molecule has 0 saturated carbocycles. The van der Waals surface area contributed by atoms with Crippen molar-refractivity contribution in [1.82, 2.24) is 5.32 Å². The molecule has 0 radical (unpaired) electrons. The van der Waals surface area contributed by atoms with Gasteiger partial charge in [-0.2, -0.15) is 0 Å². The minimum atomic E-state index is -0.807. The zero-order valence-electron chi connectivity index (χ0n) is 7.49. The first-order chi connectivity index (χ1) is 6.70. The van der Waals surface area contributed by atoms with Crippen LogP contribution >= 0.6 is 15.9 Å². The van der Waals surface area contributed by atoms with Gasteiger partial charge in [-0.1, -0.05) is 6.07 Å². The molecule has 1 N–H and O–H groups in total. The molecule has 1 heterocycles. The maximum Gasteiger partial charge on any atom is 0.173 e. The lowest BCUT2D eigenvalue weighted by Crippen LogP contribution is -2.14. The van der Waals surface area contributed by atoms with E-state index in [1.165, 1.54) is 6.07 Å². The average molecular weight is 262 g/mol. The van der Waals surface area contributed by atoms with Crippen molar-refractivity contribution in [3.05, 3.63) is 33.8 Å². The number of rotatable bonds is 1. The Bertz CT molecular complexity index is 348. The molecule has 0 spiro atoms. The van der Waals surface area contributed by atoms with E-state index < -0.39 is 11.6 Å². The molecule has 1 atom stereocenters. The molecule has 1 saturated heterocycles. The van der Waals surface area contributed by atoms with Crippen molar-refractivity contribution in [1.29, 1.82) is 0 Å². The fourth-order valence-corrected chi connectivity index (χ4v) is 2.36. The summed E-state index contributed by atoms with van der Waals surface area (Å²) in [6.45, 7) is 0.941. The van der Waals surface area contributed by atoms with Crippen molar-refractivity contribution in [3.8, 4) is 0 Å². The molecular weight excluding hydrogens is 252 g/mol. The van der Waals surface area contributed by atoms with Crippen molar-refractivity contribution in [3.63, 3.8) is 0 Å². The number of hydrogen-bond acceptors (Lipinski definition) is 1. The maximum atomic E-state index is 13.2. The van der Waals surface area contributed by atoms with Crippen LogP contribution in [0, 0.1) is 11.6 Å². The lowest BCUT2D eigenvalue weighted by Gasteiger charge is -2.13. The van der Waals surface area contributed by atoms with E-state index in [0.717, 1.165) is 24.9 Å². The molecule has 1 aliphatic rings. The molecule has 0 aromatic heterocycles. The third kappa shape index (κ3) is 1.68. The Morgan fingerprint density at radius 2 is 2.14 bits per heavy atom. The van der Waals surface area contributed by atoms with E-state index in [1.54, 1.807) is 6.07 Å². The Morgan fingerprint density at radius 1 is 1.36 bits per heavy atom. The molecule has 0 aliphatic carbocycles. The van der Waals surface area contributed by atoms with Gasteiger partial charge in [0.15, 0.2) is 11.6 Å². The number of benzene rings is 1. The maximum absolute atomic E-state index is 13.2. The summed E-state index contributed by atoms with van der Waals surface area (Å²) >= 11 is 3.09. The van der Waals surface area contributed by atoms with E-state index in [0.29, 0.717) is 0 Å². The number of hydrogen-bond donors (Lipinski definition) is 1. The Hall–Kier alpha value is -0.480. The summed E-state index contributed by atoms with van der Waals surface area (Å²) in [6, 6.07) is 2.96. The Morgan fingerprint density at radius 3 is 2.79 bits per heavy atom. The standard InChI is InChI=1S/C10H10BrF2N/c11-9-6(8-2-1-5-14-8)3-4-7(12)10(9)13/h3-4,8,14H,1-2,5H2/t8-/m1/s1. The monoisotopic (exact) mass is 261 g/mol. The third-order valence-electron chi connectivity index (χ3n) is 2.50. The van der Waals surface area contributed by atoms with Gasteiger partial charge in [0.1, 0.15) is 0 Å². The van der Waals surface area contributed by atoms with Crippen LogP contribution in [-0.2, 0) is 0 Å². The second-order valence-electron chi connectivity index (χ2n) is 3.41. The highest BCUT2D eigenvalue weighted by atomic mass is 79.9. The van der Waals surface area contributed by atoms with Crippen LogP contribution < -0.4 is 5.32 Å². The van der Waals surface area contributed by atoms with Gasteiger partial charge in [-0.25, -0.2) is 8.78 Å². The largest absolute Gasteiger partial charge is 0.310 e. The summed E-state index contributed by atoms with van der Waals surface area (Å²) in [6.07, 6.45) is 2.06. The molecule has 0 bridgehead atoms. The van der Waals surface area contributed by atoms with E-state index in [4.69, 9.17) is 0 Å². The topological polar surface area (TPSA) is 12.0 Å². The predicted molar refractivity (Wildman–Crippen MR) is 54.0 cm³/mol. The fraction of sp³-hybridized carbons (Fsp3) is 0.400. The number of halogens is 3. The lowest BCUT2D eigenvalue weighted by atomic mass is 10.1. The van der Waals surface area contributed by atoms with Crippen molar-refractivity contribution >= 4 is 15.9 Å². The summed E-state index contributed by atoms with van der Waals surface area (Å²) in [5.74, 6) is -1.60. The van der Waals surface area contributed by atoms with Crippen LogP contribution in [0.15, 0.2) is 16.6 Å². The van der Waals surface area contributed by atoms with Gasteiger partial charge in [0, 0.05) is 6.04 Å². The molecule has 1 fully saturated rings. The van der Waals surface area contributed by atoms with Crippen LogP contribution in [0.1, 0.15) is 24.4 Å². The third-order valence-corrected chi connectivity index (χ3v) is 3.31. The second-order valence-corrected chi connectivity index (χ2v) is 4.21. The average Bonchev–Trinajstić information content (AvgIpc) is 2.67. The molecule has 1 aromatic carbocycles. The lowest BCUT2D eigenvalue weighted by molar-refractivity contribution is 0.498. The Balaban J connectivity index is 2.38. The molecule has 4 heteroatoms. The Labute approximate surface area is 89.6 Å². The summed E-state index contributed by atoms with van der Waals surface area (Å²) in [5, 5.41) is 3.24. The summed E-state index contributed by atoms with van der Waals surface area (Å²) in [4.78, 5) is 0. The van der Waals surface area contributed by atoms with Crippen LogP contribution in [0.5, 0.6) is 0 Å². The minimum Gasteiger partial charge on any atom is -0.310 e. The SMILES string of the molecule is Fc1ccc([C@H]2CCCN2)c(Br)c1F. The van der Waals surface area contributed by atoms with Gasteiger partial charge in [-0.15, -0.1) is 0 Å². The second kappa shape index (κ2) is 3.95. The molecule has 14 heavy (non-hydrogen) atoms. The van der Waals surface area contributed by atoms with Crippen LogP contribution in [0.4, 0.5) is 8.78 Å². The van der Waals surface area contributed by atoms with Gasteiger partial charge < -0.3 is 5.32 Å². The first kappa shape index (κ1) is 10.1. The van der Waals surface area contributed by atoms with Crippen molar-refractivity contribution in [2.45, 2.75) is 18.9 Å². The van der Waals surface area contributed by atoms with Gasteiger partial charge in [-0.05, 0) is 46.9 Å². The molecule has 1 aliphatic heterocycles. The highest BCUT2D eigenvalue weighted by Crippen LogP contribution is 2.31. The highest BCUT2D eigenvalue weighted by Gasteiger charge is 2.21. The molecular formula is C10H10BrF2N. The molecule has 1 nitrogen and oxygen atoms in total. The van der Waals surface area contributed by atoms with Gasteiger partial charge in [-0.3, -0.25) is 0 Å². The summed E-state index contributed by atoms with van der Waals surface area (Å²) < 4.78 is 26.3. The van der Waals surface area contributed by atoms with E-state index in [-0.39, 0.29) is 10.5 Å². The Kier molecular flexibility index (Phi) is 2.83. The molecule has 0 unspecified atom stereocenters. The van der Waals surface area contributed by atoms with Crippen molar-refractivity contribution in [2.75, 3.05) is 6.54 Å². The summed E-state index contributed by atoms with van der Waals surface area (Å²) in [7, 11) is 0. The smallest absolute Gasteiger partial charge is 0.173 e. The van der Waals surface area contributed by atoms with Crippen LogP contribution in [-0.4, -0.2) is 6.54 Å².